The van der Waals surface area contributed by atoms with Crippen molar-refractivity contribution in [1.82, 2.24) is 4.90 Å². The van der Waals surface area contributed by atoms with Gasteiger partial charge < -0.3 is 5.11 Å². The summed E-state index contributed by atoms with van der Waals surface area (Å²) in [5.74, 6) is 0.305. The number of phenols is 1. The first-order chi connectivity index (χ1) is 12.3. The van der Waals surface area contributed by atoms with Crippen LogP contribution in [0.25, 0.3) is 0 Å². The van der Waals surface area contributed by atoms with Crippen molar-refractivity contribution in [1.29, 1.82) is 0 Å². The number of benzene rings is 1. The van der Waals surface area contributed by atoms with Crippen LogP contribution in [0, 0.1) is 0 Å². The lowest BCUT2D eigenvalue weighted by Crippen LogP contribution is -2.41. The average Bonchev–Trinajstić information content (AvgIpc) is 3.14. The summed E-state index contributed by atoms with van der Waals surface area (Å²) in [7, 11) is 0. The first-order valence-corrected chi connectivity index (χ1v) is 8.77. The molecule has 0 radical (unpaired) electrons. The zero-order valence-corrected chi connectivity index (χ0v) is 13.7. The molecule has 0 amide bonds. The summed E-state index contributed by atoms with van der Waals surface area (Å²) in [4.78, 5) is 2.12. The molecule has 1 atom stereocenters. The highest BCUT2D eigenvalue weighted by Crippen LogP contribution is 2.30. The van der Waals surface area contributed by atoms with Gasteiger partial charge in [-0.15, -0.1) is 11.3 Å². The first kappa shape index (κ1) is 11.3. The molecule has 0 bridgehead atoms. The number of hydrogen-bond acceptors (Lipinski definition) is 3. The van der Waals surface area contributed by atoms with Crippen molar-refractivity contribution in [3.8, 4) is 5.75 Å². The topological polar surface area (TPSA) is 23.5 Å². The van der Waals surface area contributed by atoms with Crippen molar-refractivity contribution < 1.29 is 10.6 Å². The normalized spacial score (nSPS) is 21.6. The van der Waals surface area contributed by atoms with Crippen LogP contribution in [0.15, 0.2) is 35.7 Å². The number of fused-ring (bicyclic) bond motifs is 1. The fourth-order valence-corrected chi connectivity index (χ4v) is 3.65. The van der Waals surface area contributed by atoms with Gasteiger partial charge in [0.2, 0.25) is 0 Å². The van der Waals surface area contributed by atoms with Crippen molar-refractivity contribution in [2.45, 2.75) is 45.0 Å². The molecule has 1 heterocycles. The Labute approximate surface area is 143 Å². The lowest BCUT2D eigenvalue weighted by Gasteiger charge is -2.35. The molecule has 1 aliphatic carbocycles. The summed E-state index contributed by atoms with van der Waals surface area (Å²) in [5.41, 5.74) is 1.98. The van der Waals surface area contributed by atoms with E-state index >= 15 is 0 Å². The molecule has 0 saturated heterocycles. The Bertz CT molecular complexity index is 748. The quantitative estimate of drug-likeness (QED) is 0.859. The summed E-state index contributed by atoms with van der Waals surface area (Å²) in [6, 6.07) is 8.83. The van der Waals surface area contributed by atoms with Crippen LogP contribution in [-0.4, -0.2) is 29.1 Å². The molecule has 0 saturated carbocycles. The van der Waals surface area contributed by atoms with Crippen LogP contribution < -0.4 is 0 Å². The number of nitrogens with zero attached hydrogens (tertiary/aromatic N) is 1. The third-order valence-corrected chi connectivity index (χ3v) is 4.97. The minimum Gasteiger partial charge on any atom is -0.508 e. The predicted octanol–water partition coefficient (Wildman–Crippen LogP) is 4.27. The van der Waals surface area contributed by atoms with E-state index in [2.05, 4.69) is 0 Å². The summed E-state index contributed by atoms with van der Waals surface area (Å²) in [6.07, 6.45) is 0.693. The van der Waals surface area contributed by atoms with Gasteiger partial charge in [-0.3, -0.25) is 4.90 Å². The van der Waals surface area contributed by atoms with E-state index in [-0.39, 0.29) is 6.04 Å². The number of aryl methyl sites for hydroxylation is 1. The fraction of sp³-hybridized carbons (Fsp3) is 0.474. The molecule has 22 heavy (non-hydrogen) atoms. The standard InChI is InChI=1S/C19H25NOS/c1-2-11-20(12-10-17-6-4-13-22-17)16-8-9-18-15(14-16)5-3-7-19(18)21/h3-7,13,16,21H,2,8-12,14H2,1H3/t16-/m0/s1/i10D2,12D2. The Hall–Kier alpha value is -1.32. The van der Waals surface area contributed by atoms with Crippen LogP contribution in [0.2, 0.25) is 0 Å². The van der Waals surface area contributed by atoms with Gasteiger partial charge in [-0.2, -0.15) is 0 Å². The Balaban J connectivity index is 1.92. The van der Waals surface area contributed by atoms with Crippen molar-refractivity contribution in [3.05, 3.63) is 51.7 Å². The van der Waals surface area contributed by atoms with Crippen molar-refractivity contribution in [2.75, 3.05) is 13.0 Å². The van der Waals surface area contributed by atoms with Gasteiger partial charge in [0.25, 0.3) is 0 Å². The van der Waals surface area contributed by atoms with Crippen LogP contribution in [0.1, 0.15) is 41.3 Å². The molecule has 1 N–H and O–H groups in total. The van der Waals surface area contributed by atoms with E-state index in [9.17, 15) is 5.11 Å². The molecule has 3 rings (SSSR count). The van der Waals surface area contributed by atoms with E-state index in [1.807, 2.05) is 19.1 Å². The van der Waals surface area contributed by atoms with Crippen molar-refractivity contribution >= 4 is 11.3 Å². The van der Waals surface area contributed by atoms with Crippen molar-refractivity contribution in [2.24, 2.45) is 0 Å². The number of rotatable bonds is 6. The third kappa shape index (κ3) is 3.53. The minimum atomic E-state index is -2.12. The minimum absolute atomic E-state index is 0.0886. The van der Waals surface area contributed by atoms with Gasteiger partial charge in [0.1, 0.15) is 5.75 Å². The Kier molecular flexibility index (Phi) is 3.73. The molecule has 1 aliphatic rings. The smallest absolute Gasteiger partial charge is 0.119 e. The predicted molar refractivity (Wildman–Crippen MR) is 93.8 cm³/mol. The molecule has 1 aromatic heterocycles. The second kappa shape index (κ2) is 7.30. The highest BCUT2D eigenvalue weighted by Gasteiger charge is 2.25. The number of hydrogen-bond donors (Lipinski definition) is 1. The summed E-state index contributed by atoms with van der Waals surface area (Å²) in [5, 5.41) is 11.8. The monoisotopic (exact) mass is 319 g/mol. The Morgan fingerprint density at radius 3 is 3.05 bits per heavy atom. The van der Waals surface area contributed by atoms with Crippen LogP contribution in [0.4, 0.5) is 0 Å². The molecule has 0 unspecified atom stereocenters. The van der Waals surface area contributed by atoms with Gasteiger partial charge in [0.15, 0.2) is 0 Å². The molecule has 0 spiro atoms. The second-order valence-corrected chi connectivity index (χ2v) is 6.67. The Morgan fingerprint density at radius 2 is 2.27 bits per heavy atom. The number of aromatic hydroxyl groups is 1. The van der Waals surface area contributed by atoms with Gasteiger partial charge >= 0.3 is 0 Å². The van der Waals surface area contributed by atoms with Gasteiger partial charge in [-0.1, -0.05) is 25.1 Å². The summed E-state index contributed by atoms with van der Waals surface area (Å²) < 4.78 is 34.4. The van der Waals surface area contributed by atoms with E-state index in [1.54, 1.807) is 28.5 Å². The number of phenolic OH excluding ortho intramolecular Hbond substituents is 1. The van der Waals surface area contributed by atoms with E-state index in [1.165, 1.54) is 11.3 Å². The lowest BCUT2D eigenvalue weighted by atomic mass is 9.86. The molecular weight excluding hydrogens is 290 g/mol. The lowest BCUT2D eigenvalue weighted by molar-refractivity contribution is 0.181. The van der Waals surface area contributed by atoms with Crippen LogP contribution in [0.3, 0.4) is 0 Å². The molecular formula is C19H25NOS. The van der Waals surface area contributed by atoms with Crippen LogP contribution in [0.5, 0.6) is 5.75 Å². The highest BCUT2D eigenvalue weighted by atomic mass is 32.1. The van der Waals surface area contributed by atoms with E-state index < -0.39 is 12.9 Å². The molecule has 118 valence electrons. The zero-order valence-electron chi connectivity index (χ0n) is 16.9. The average molecular weight is 320 g/mol. The SMILES string of the molecule is [2H]C([2H])(c1cccs1)C([2H])([2H])N(CCC)[C@H]1CCc2c(O)cccc2C1. The molecule has 0 aliphatic heterocycles. The van der Waals surface area contributed by atoms with Gasteiger partial charge in [0.05, 0.1) is 0 Å². The molecule has 2 nitrogen and oxygen atoms in total. The molecule has 0 fully saturated rings. The van der Waals surface area contributed by atoms with E-state index in [0.29, 0.717) is 36.4 Å². The maximum atomic E-state index is 10.1. The van der Waals surface area contributed by atoms with Gasteiger partial charge in [-0.05, 0) is 67.2 Å². The zero-order chi connectivity index (χ0) is 18.9. The van der Waals surface area contributed by atoms with Gasteiger partial charge in [-0.25, -0.2) is 0 Å². The fourth-order valence-electron chi connectivity index (χ4n) is 3.08. The van der Waals surface area contributed by atoms with Crippen LogP contribution in [-0.2, 0) is 19.2 Å². The van der Waals surface area contributed by atoms with Crippen molar-refractivity contribution in [3.63, 3.8) is 0 Å². The maximum absolute atomic E-state index is 10.1. The summed E-state index contributed by atoms with van der Waals surface area (Å²) >= 11 is 1.25. The van der Waals surface area contributed by atoms with E-state index in [0.717, 1.165) is 17.5 Å². The molecule has 3 heteroatoms. The molecule has 2 aromatic rings. The van der Waals surface area contributed by atoms with Gasteiger partial charge in [0, 0.05) is 22.9 Å². The largest absolute Gasteiger partial charge is 0.508 e. The highest BCUT2D eigenvalue weighted by molar-refractivity contribution is 7.09. The van der Waals surface area contributed by atoms with E-state index in [4.69, 9.17) is 5.48 Å². The summed E-state index contributed by atoms with van der Waals surface area (Å²) in [6.45, 7) is 0.371. The van der Waals surface area contributed by atoms with Crippen LogP contribution >= 0.6 is 11.3 Å². The molecule has 1 aromatic carbocycles. The first-order valence-electron chi connectivity index (χ1n) is 9.89. The Morgan fingerprint density at radius 1 is 1.36 bits per heavy atom. The number of thiophene rings is 1. The maximum Gasteiger partial charge on any atom is 0.119 e. The second-order valence-electron chi connectivity index (χ2n) is 5.72. The third-order valence-electron chi connectivity index (χ3n) is 4.18.